The van der Waals surface area contributed by atoms with Gasteiger partial charge in [0.1, 0.15) is 5.69 Å². The number of rotatable bonds is 4. The van der Waals surface area contributed by atoms with E-state index < -0.39 is 10.4 Å². The molecule has 2 heterocycles. The number of guanidine groups is 1. The van der Waals surface area contributed by atoms with Crippen molar-refractivity contribution in [2.45, 2.75) is 10.4 Å². The number of hydrogen-bond acceptors (Lipinski definition) is 8. The van der Waals surface area contributed by atoms with Crippen molar-refractivity contribution in [3.8, 4) is 0 Å². The van der Waals surface area contributed by atoms with E-state index in [1.54, 1.807) is 18.5 Å². The number of nitro groups is 1. The van der Waals surface area contributed by atoms with Gasteiger partial charge in [0.05, 0.1) is 10.6 Å². The Balaban J connectivity index is 1.73. The van der Waals surface area contributed by atoms with Crippen LogP contribution < -0.4 is 21.7 Å². The van der Waals surface area contributed by atoms with Gasteiger partial charge in [0.15, 0.2) is 11.5 Å². The maximum absolute atomic E-state index is 12.3. The van der Waals surface area contributed by atoms with Crippen molar-refractivity contribution in [2.75, 3.05) is 11.9 Å². The average molecular weight is 379 g/mol. The molecule has 0 spiro atoms. The van der Waals surface area contributed by atoms with Crippen LogP contribution in [-0.2, 0) is 0 Å². The second kappa shape index (κ2) is 6.57. The molecule has 1 aromatic carbocycles. The van der Waals surface area contributed by atoms with Crippen LogP contribution in [0.15, 0.2) is 33.5 Å². The number of hydrogen-bond donors (Lipinski definition) is 3. The first-order chi connectivity index (χ1) is 11.8. The van der Waals surface area contributed by atoms with Gasteiger partial charge in [0.2, 0.25) is 5.13 Å². The van der Waals surface area contributed by atoms with Crippen LogP contribution in [0, 0.1) is 10.1 Å². The Hall–Kier alpha value is -2.86. The first-order valence-corrected chi connectivity index (χ1v) is 8.65. The third-order valence-electron chi connectivity index (χ3n) is 3.33. The highest BCUT2D eigenvalue weighted by atomic mass is 32.2. The summed E-state index contributed by atoms with van der Waals surface area (Å²) < 4.78 is 0. The van der Waals surface area contributed by atoms with E-state index in [1.165, 1.54) is 23.9 Å². The molecule has 10 nitrogen and oxygen atoms in total. The fourth-order valence-corrected chi connectivity index (χ4v) is 4.06. The Morgan fingerprint density at radius 3 is 2.92 bits per heavy atom. The van der Waals surface area contributed by atoms with Gasteiger partial charge in [0.25, 0.3) is 11.6 Å². The molecule has 5 N–H and O–H groups in total. The number of non-ortho nitro benzene ring substituents is 1. The summed E-state index contributed by atoms with van der Waals surface area (Å²) in [4.78, 5) is 33.2. The van der Waals surface area contributed by atoms with Gasteiger partial charge >= 0.3 is 0 Å². The smallest absolute Gasteiger partial charge is 0.273 e. The number of nitrogens with two attached hydrogens (primary N) is 2. The summed E-state index contributed by atoms with van der Waals surface area (Å²) in [6.45, 7) is 0. The van der Waals surface area contributed by atoms with Crippen LogP contribution in [0.3, 0.4) is 0 Å². The first kappa shape index (κ1) is 17.0. The number of benzene rings is 1. The molecule has 0 saturated carbocycles. The van der Waals surface area contributed by atoms with Crippen LogP contribution in [0.25, 0.3) is 0 Å². The van der Waals surface area contributed by atoms with E-state index in [-0.39, 0.29) is 28.4 Å². The molecule has 1 atom stereocenters. The lowest BCUT2D eigenvalue weighted by Crippen LogP contribution is -2.41. The quantitative estimate of drug-likeness (QED) is 0.310. The van der Waals surface area contributed by atoms with Crippen LogP contribution in [0.1, 0.15) is 10.5 Å². The number of anilines is 1. The van der Waals surface area contributed by atoms with E-state index in [0.29, 0.717) is 0 Å². The molecule has 0 aliphatic carbocycles. The van der Waals surface area contributed by atoms with Crippen LogP contribution in [0.5, 0.6) is 0 Å². The van der Waals surface area contributed by atoms with Gasteiger partial charge in [-0.25, -0.2) is 4.98 Å². The molecule has 1 aromatic heterocycles. The number of thioether (sulfide) groups is 1. The number of nitro benzene ring substituents is 1. The van der Waals surface area contributed by atoms with E-state index >= 15 is 0 Å². The lowest BCUT2D eigenvalue weighted by Gasteiger charge is -2.21. The molecule has 1 aliphatic rings. The largest absolute Gasteiger partial charge is 0.370 e. The summed E-state index contributed by atoms with van der Waals surface area (Å²) >= 11 is 2.46. The first-order valence-electron chi connectivity index (χ1n) is 6.89. The zero-order valence-electron chi connectivity index (χ0n) is 12.9. The van der Waals surface area contributed by atoms with Crippen molar-refractivity contribution in [1.82, 2.24) is 10.3 Å². The molecule has 12 heteroatoms. The Morgan fingerprint density at radius 1 is 1.48 bits per heavy atom. The summed E-state index contributed by atoms with van der Waals surface area (Å²) in [5.41, 5.74) is 11.2. The molecule has 0 bridgehead atoms. The SMILES string of the molecule is CN1c2ccc([N+](=O)[O-])cc2SC1NC(=O)c1csc(N=C(N)N)n1. The molecule has 0 radical (unpaired) electrons. The number of carbonyl (C=O) groups is 1. The van der Waals surface area contributed by atoms with E-state index in [1.807, 2.05) is 4.90 Å². The van der Waals surface area contributed by atoms with E-state index in [9.17, 15) is 14.9 Å². The van der Waals surface area contributed by atoms with Crippen LogP contribution in [0.4, 0.5) is 16.5 Å². The van der Waals surface area contributed by atoms with Gasteiger partial charge < -0.3 is 21.7 Å². The molecule has 2 aromatic rings. The zero-order valence-corrected chi connectivity index (χ0v) is 14.5. The van der Waals surface area contributed by atoms with Crippen molar-refractivity contribution in [1.29, 1.82) is 0 Å². The van der Waals surface area contributed by atoms with Crippen molar-refractivity contribution in [2.24, 2.45) is 16.5 Å². The van der Waals surface area contributed by atoms with Gasteiger partial charge in [-0.3, -0.25) is 14.9 Å². The predicted molar refractivity (Wildman–Crippen MR) is 96.2 cm³/mol. The highest BCUT2D eigenvalue weighted by Crippen LogP contribution is 2.43. The average Bonchev–Trinajstić information content (AvgIpc) is 3.12. The van der Waals surface area contributed by atoms with E-state index in [2.05, 4.69) is 15.3 Å². The summed E-state index contributed by atoms with van der Waals surface area (Å²) in [5.74, 6) is -0.524. The molecule has 1 aliphatic heterocycles. The minimum Gasteiger partial charge on any atom is -0.370 e. The Labute approximate surface area is 150 Å². The van der Waals surface area contributed by atoms with Gasteiger partial charge in [0, 0.05) is 29.5 Å². The normalized spacial score (nSPS) is 15.6. The van der Waals surface area contributed by atoms with Crippen molar-refractivity contribution >= 4 is 51.5 Å². The lowest BCUT2D eigenvalue weighted by molar-refractivity contribution is -0.385. The summed E-state index contributed by atoms with van der Waals surface area (Å²) in [5, 5.41) is 15.5. The second-order valence-corrected chi connectivity index (χ2v) is 6.97. The molecule has 0 fully saturated rings. The van der Waals surface area contributed by atoms with Crippen molar-refractivity contribution < 1.29 is 9.72 Å². The highest BCUT2D eigenvalue weighted by molar-refractivity contribution is 8.00. The minimum absolute atomic E-state index is 0.00741. The fourth-order valence-electron chi connectivity index (χ4n) is 2.17. The van der Waals surface area contributed by atoms with Gasteiger partial charge in [-0.15, -0.1) is 11.3 Å². The molecular weight excluding hydrogens is 366 g/mol. The monoisotopic (exact) mass is 379 g/mol. The fraction of sp³-hybridized carbons (Fsp3) is 0.154. The lowest BCUT2D eigenvalue weighted by atomic mass is 10.2. The topological polar surface area (TPSA) is 153 Å². The number of thiazole rings is 1. The molecule has 130 valence electrons. The maximum atomic E-state index is 12.3. The van der Waals surface area contributed by atoms with Gasteiger partial charge in [-0.1, -0.05) is 11.8 Å². The third kappa shape index (κ3) is 3.49. The molecular formula is C13H13N7O3S2. The van der Waals surface area contributed by atoms with Crippen LogP contribution in [-0.4, -0.2) is 34.3 Å². The van der Waals surface area contributed by atoms with E-state index in [4.69, 9.17) is 11.5 Å². The standard InChI is InChI=1S/C13H13N7O3S2/c1-19-8-3-2-6(20(22)23)4-9(8)25-13(19)17-10(21)7-5-24-12(16-7)18-11(14)15/h2-5,13H,1H3,(H,17,21)(H4,14,15,16,18). The third-order valence-corrected chi connectivity index (χ3v) is 5.30. The predicted octanol–water partition coefficient (Wildman–Crippen LogP) is 1.21. The zero-order chi connectivity index (χ0) is 18.1. The number of aromatic nitrogens is 1. The van der Waals surface area contributed by atoms with E-state index in [0.717, 1.165) is 21.9 Å². The number of nitrogens with one attached hydrogen (secondary N) is 1. The molecule has 1 unspecified atom stereocenters. The number of carbonyl (C=O) groups excluding carboxylic acids is 1. The van der Waals surface area contributed by atoms with Gasteiger partial charge in [-0.2, -0.15) is 4.99 Å². The van der Waals surface area contributed by atoms with Crippen LogP contribution in [0.2, 0.25) is 0 Å². The molecule has 25 heavy (non-hydrogen) atoms. The summed E-state index contributed by atoms with van der Waals surface area (Å²) in [7, 11) is 1.79. The number of aliphatic imine (C=N–C) groups is 1. The number of fused-ring (bicyclic) bond motifs is 1. The van der Waals surface area contributed by atoms with Crippen LogP contribution >= 0.6 is 23.1 Å². The maximum Gasteiger partial charge on any atom is 0.273 e. The molecule has 3 rings (SSSR count). The molecule has 1 amide bonds. The highest BCUT2D eigenvalue weighted by Gasteiger charge is 2.30. The Kier molecular flexibility index (Phi) is 4.46. The second-order valence-electron chi connectivity index (χ2n) is 5.02. The van der Waals surface area contributed by atoms with Crippen molar-refractivity contribution in [3.63, 3.8) is 0 Å². The Bertz CT molecular complexity index is 878. The van der Waals surface area contributed by atoms with Gasteiger partial charge in [-0.05, 0) is 6.07 Å². The summed E-state index contributed by atoms with van der Waals surface area (Å²) in [6.07, 6.45) is 0. The van der Waals surface area contributed by atoms with Crippen molar-refractivity contribution in [3.05, 3.63) is 39.4 Å². The minimum atomic E-state index is -0.451. The summed E-state index contributed by atoms with van der Waals surface area (Å²) in [6, 6.07) is 4.58. The number of nitrogens with zero attached hydrogens (tertiary/aromatic N) is 4. The number of amides is 1. The molecule has 0 saturated heterocycles. The Morgan fingerprint density at radius 2 is 2.24 bits per heavy atom.